The Labute approximate surface area is 219 Å². The number of fused-ring (bicyclic) bond motifs is 1. The van der Waals surface area contributed by atoms with Gasteiger partial charge in [-0.1, -0.05) is 30.3 Å². The van der Waals surface area contributed by atoms with Crippen LogP contribution in [0.3, 0.4) is 0 Å². The van der Waals surface area contributed by atoms with Crippen LogP contribution in [0.2, 0.25) is 0 Å². The minimum Gasteiger partial charge on any atom is -0.373 e. The van der Waals surface area contributed by atoms with Crippen molar-refractivity contribution in [2.24, 2.45) is 0 Å². The number of piperazine rings is 1. The molecule has 3 aromatic carbocycles. The van der Waals surface area contributed by atoms with Gasteiger partial charge in [-0.2, -0.15) is 4.31 Å². The van der Waals surface area contributed by atoms with Gasteiger partial charge < -0.3 is 10.2 Å². The summed E-state index contributed by atoms with van der Waals surface area (Å²) in [7, 11) is -3.65. The number of hydrogen-bond donors (Lipinski definition) is 1. The molecule has 1 fully saturated rings. The highest BCUT2D eigenvalue weighted by Gasteiger charge is 2.29. The minimum absolute atomic E-state index is 0.000383. The van der Waals surface area contributed by atoms with E-state index >= 15 is 0 Å². The van der Waals surface area contributed by atoms with E-state index in [4.69, 9.17) is 0 Å². The van der Waals surface area contributed by atoms with Crippen LogP contribution in [0.15, 0.2) is 71.6 Å². The van der Waals surface area contributed by atoms with Crippen LogP contribution in [0.25, 0.3) is 10.2 Å². The number of nitro groups is 1. The van der Waals surface area contributed by atoms with Crippen LogP contribution in [-0.2, 0) is 10.0 Å². The fourth-order valence-electron chi connectivity index (χ4n) is 4.57. The van der Waals surface area contributed by atoms with Gasteiger partial charge in [0.15, 0.2) is 0 Å². The van der Waals surface area contributed by atoms with E-state index in [1.54, 1.807) is 24.3 Å². The monoisotopic (exact) mass is 537 g/mol. The molecule has 5 rings (SSSR count). The van der Waals surface area contributed by atoms with Gasteiger partial charge in [0.1, 0.15) is 5.69 Å². The number of thiazole rings is 1. The predicted molar refractivity (Wildman–Crippen MR) is 147 cm³/mol. The summed E-state index contributed by atoms with van der Waals surface area (Å²) in [5, 5.41) is 15.8. The van der Waals surface area contributed by atoms with Crippen LogP contribution < -0.4 is 10.2 Å². The summed E-state index contributed by atoms with van der Waals surface area (Å²) in [6.07, 6.45) is 0. The number of aryl methyl sites for hydroxylation is 1. The molecule has 9 nitrogen and oxygen atoms in total. The molecule has 0 saturated carbocycles. The molecule has 0 radical (unpaired) electrons. The van der Waals surface area contributed by atoms with Crippen molar-refractivity contribution in [3.63, 3.8) is 0 Å². The van der Waals surface area contributed by atoms with Gasteiger partial charge in [-0.3, -0.25) is 10.1 Å². The average Bonchev–Trinajstić information content (AvgIpc) is 3.28. The second-order valence-electron chi connectivity index (χ2n) is 8.99. The number of benzene rings is 3. The zero-order chi connectivity index (χ0) is 26.2. The summed E-state index contributed by atoms with van der Waals surface area (Å²) in [6, 6.07) is 19.7. The van der Waals surface area contributed by atoms with Crippen molar-refractivity contribution in [3.8, 4) is 0 Å². The van der Waals surface area contributed by atoms with E-state index < -0.39 is 14.9 Å². The lowest BCUT2D eigenvalue weighted by Gasteiger charge is -2.35. The van der Waals surface area contributed by atoms with E-state index in [2.05, 4.69) is 15.2 Å². The molecule has 0 bridgehead atoms. The fourth-order valence-corrected chi connectivity index (χ4v) is 6.82. The van der Waals surface area contributed by atoms with E-state index in [1.165, 1.54) is 21.7 Å². The number of nitrogens with zero attached hydrogens (tertiary/aromatic N) is 4. The predicted octanol–water partition coefficient (Wildman–Crippen LogP) is 5.20. The lowest BCUT2D eigenvalue weighted by molar-refractivity contribution is -0.384. The Morgan fingerprint density at radius 3 is 2.46 bits per heavy atom. The van der Waals surface area contributed by atoms with Crippen molar-refractivity contribution in [2.45, 2.75) is 24.8 Å². The van der Waals surface area contributed by atoms with Gasteiger partial charge in [0, 0.05) is 44.0 Å². The number of anilines is 2. The molecule has 0 aliphatic carbocycles. The Kier molecular flexibility index (Phi) is 6.84. The molecule has 0 spiro atoms. The third kappa shape index (κ3) is 5.15. The van der Waals surface area contributed by atoms with Crippen LogP contribution in [-0.4, -0.2) is 48.8 Å². The zero-order valence-corrected chi connectivity index (χ0v) is 22.1. The standard InChI is InChI=1S/C26H27N5O4S2/c1-18(20-6-4-3-5-7-20)27-23-16-21(8-10-25(23)31(32)33)29-12-14-30(15-13-29)37(34,35)22-9-11-26-24(17-22)28-19(2)36-26/h3-11,16-18,27H,12-15H2,1-2H3. The highest BCUT2D eigenvalue weighted by Crippen LogP contribution is 2.33. The molecule has 1 aliphatic rings. The van der Waals surface area contributed by atoms with Gasteiger partial charge in [0.2, 0.25) is 10.0 Å². The summed E-state index contributed by atoms with van der Waals surface area (Å²) in [5.41, 5.74) is 2.95. The molecule has 192 valence electrons. The van der Waals surface area contributed by atoms with Crippen molar-refractivity contribution in [3.05, 3.63) is 87.4 Å². The normalized spacial score (nSPS) is 15.6. The maximum atomic E-state index is 13.3. The second-order valence-corrected chi connectivity index (χ2v) is 12.2. The quantitative estimate of drug-likeness (QED) is 0.255. The first-order valence-electron chi connectivity index (χ1n) is 11.9. The van der Waals surface area contributed by atoms with Gasteiger partial charge in [0.25, 0.3) is 5.69 Å². The number of nitrogens with one attached hydrogen (secondary N) is 1. The van der Waals surface area contributed by atoms with E-state index in [0.717, 1.165) is 21.0 Å². The van der Waals surface area contributed by atoms with Crippen LogP contribution in [0.1, 0.15) is 23.5 Å². The van der Waals surface area contributed by atoms with Gasteiger partial charge in [-0.25, -0.2) is 13.4 Å². The highest BCUT2D eigenvalue weighted by atomic mass is 32.2. The lowest BCUT2D eigenvalue weighted by atomic mass is 10.1. The van der Waals surface area contributed by atoms with Crippen molar-refractivity contribution in [1.82, 2.24) is 9.29 Å². The first-order valence-corrected chi connectivity index (χ1v) is 14.2. The van der Waals surface area contributed by atoms with Crippen LogP contribution >= 0.6 is 11.3 Å². The molecular formula is C26H27N5O4S2. The molecule has 1 N–H and O–H groups in total. The van der Waals surface area contributed by atoms with Crippen LogP contribution in [0, 0.1) is 17.0 Å². The lowest BCUT2D eigenvalue weighted by Crippen LogP contribution is -2.48. The third-order valence-corrected chi connectivity index (χ3v) is 9.40. The SMILES string of the molecule is Cc1nc2cc(S(=O)(=O)N3CCN(c4ccc([N+](=O)[O-])c(NC(C)c5ccccc5)c4)CC3)ccc2s1. The molecule has 1 aliphatic heterocycles. The minimum atomic E-state index is -3.65. The molecule has 1 unspecified atom stereocenters. The Hall–Kier alpha value is -3.54. The Morgan fingerprint density at radius 2 is 1.76 bits per heavy atom. The van der Waals surface area contributed by atoms with Crippen molar-refractivity contribution in [2.75, 3.05) is 36.4 Å². The molecular weight excluding hydrogens is 510 g/mol. The molecule has 1 aromatic heterocycles. The van der Waals surface area contributed by atoms with E-state index in [1.807, 2.05) is 50.2 Å². The highest BCUT2D eigenvalue weighted by molar-refractivity contribution is 7.89. The Morgan fingerprint density at radius 1 is 1.03 bits per heavy atom. The van der Waals surface area contributed by atoms with Crippen LogP contribution in [0.5, 0.6) is 0 Å². The molecule has 1 atom stereocenters. The third-order valence-electron chi connectivity index (χ3n) is 6.56. The first kappa shape index (κ1) is 25.1. The second kappa shape index (κ2) is 10.1. The van der Waals surface area contributed by atoms with Crippen LogP contribution in [0.4, 0.5) is 17.1 Å². The molecule has 1 saturated heterocycles. The number of rotatable bonds is 7. The molecule has 4 aromatic rings. The van der Waals surface area contributed by atoms with E-state index in [9.17, 15) is 18.5 Å². The summed E-state index contributed by atoms with van der Waals surface area (Å²) >= 11 is 1.54. The Balaban J connectivity index is 1.32. The van der Waals surface area contributed by atoms with Gasteiger partial charge in [-0.05, 0) is 49.7 Å². The maximum Gasteiger partial charge on any atom is 0.292 e. The molecule has 11 heteroatoms. The van der Waals surface area contributed by atoms with E-state index in [0.29, 0.717) is 37.4 Å². The topological polar surface area (TPSA) is 109 Å². The Bertz CT molecular complexity index is 1550. The zero-order valence-electron chi connectivity index (χ0n) is 20.5. The fraction of sp³-hybridized carbons (Fsp3) is 0.269. The number of sulfonamides is 1. The maximum absolute atomic E-state index is 13.3. The van der Waals surface area contributed by atoms with Crippen molar-refractivity contribution >= 4 is 48.6 Å². The summed E-state index contributed by atoms with van der Waals surface area (Å²) < 4.78 is 29.1. The van der Waals surface area contributed by atoms with Crippen molar-refractivity contribution < 1.29 is 13.3 Å². The number of nitro benzene ring substituents is 1. The van der Waals surface area contributed by atoms with Gasteiger partial charge in [0.05, 0.1) is 25.0 Å². The largest absolute Gasteiger partial charge is 0.373 e. The average molecular weight is 538 g/mol. The number of aromatic nitrogens is 1. The molecule has 0 amide bonds. The first-order chi connectivity index (χ1) is 17.7. The molecule has 2 heterocycles. The van der Waals surface area contributed by atoms with Crippen molar-refractivity contribution in [1.29, 1.82) is 0 Å². The summed E-state index contributed by atoms with van der Waals surface area (Å²) in [6.45, 7) is 5.44. The summed E-state index contributed by atoms with van der Waals surface area (Å²) in [4.78, 5) is 18.0. The smallest absolute Gasteiger partial charge is 0.292 e. The molecule has 37 heavy (non-hydrogen) atoms. The van der Waals surface area contributed by atoms with Gasteiger partial charge >= 0.3 is 0 Å². The van der Waals surface area contributed by atoms with E-state index in [-0.39, 0.29) is 16.6 Å². The number of hydrogen-bond acceptors (Lipinski definition) is 8. The summed E-state index contributed by atoms with van der Waals surface area (Å²) in [5.74, 6) is 0. The van der Waals surface area contributed by atoms with Gasteiger partial charge in [-0.15, -0.1) is 11.3 Å².